The van der Waals surface area contributed by atoms with Crippen LogP contribution in [0.3, 0.4) is 0 Å². The number of aliphatic imine (C=N–C) groups is 1. The average molecular weight is 475 g/mol. The number of carbonyl (C=O) groups is 1. The summed E-state index contributed by atoms with van der Waals surface area (Å²) in [5.41, 5.74) is 1.19. The van der Waals surface area contributed by atoms with E-state index in [1.807, 2.05) is 25.1 Å². The van der Waals surface area contributed by atoms with Gasteiger partial charge in [0.15, 0.2) is 5.96 Å². The number of ether oxygens (including phenoxy) is 2. The van der Waals surface area contributed by atoms with E-state index in [-0.39, 0.29) is 35.9 Å². The molecule has 0 aliphatic carbocycles. The van der Waals surface area contributed by atoms with Gasteiger partial charge in [0.05, 0.1) is 19.6 Å². The van der Waals surface area contributed by atoms with Crippen LogP contribution in [0.2, 0.25) is 0 Å². The smallest absolute Gasteiger partial charge is 0.308 e. The van der Waals surface area contributed by atoms with Crippen LogP contribution in [-0.2, 0) is 16.0 Å². The van der Waals surface area contributed by atoms with E-state index in [0.29, 0.717) is 6.61 Å². The lowest BCUT2D eigenvalue weighted by Crippen LogP contribution is -2.47. The Morgan fingerprint density at radius 2 is 2.00 bits per heavy atom. The first-order valence-electron chi connectivity index (χ1n) is 8.93. The van der Waals surface area contributed by atoms with Crippen molar-refractivity contribution in [3.05, 3.63) is 29.8 Å². The van der Waals surface area contributed by atoms with E-state index in [2.05, 4.69) is 21.3 Å². The first kappa shape index (κ1) is 22.5. The monoisotopic (exact) mass is 475 g/mol. The topological polar surface area (TPSA) is 63.2 Å². The number of guanidine groups is 1. The highest BCUT2D eigenvalue weighted by Crippen LogP contribution is 2.19. The molecular formula is C19H30IN3O3. The lowest BCUT2D eigenvalue weighted by Gasteiger charge is -2.33. The molecule has 0 saturated carbocycles. The Bertz CT molecular complexity index is 587. The molecule has 1 aromatic rings. The van der Waals surface area contributed by atoms with Gasteiger partial charge in [-0.2, -0.15) is 0 Å². The van der Waals surface area contributed by atoms with Crippen LogP contribution >= 0.6 is 24.0 Å². The van der Waals surface area contributed by atoms with Crippen molar-refractivity contribution in [1.29, 1.82) is 0 Å². The number of methoxy groups -OCH3 is 1. The van der Waals surface area contributed by atoms with Gasteiger partial charge in [-0.3, -0.25) is 9.79 Å². The highest BCUT2D eigenvalue weighted by atomic mass is 127. The number of rotatable bonds is 6. The summed E-state index contributed by atoms with van der Waals surface area (Å²) in [6, 6.07) is 8.12. The van der Waals surface area contributed by atoms with Crippen LogP contribution < -0.4 is 10.1 Å². The zero-order chi connectivity index (χ0) is 18.1. The molecule has 6 nitrogen and oxygen atoms in total. The fraction of sp³-hybridized carbons (Fsp3) is 0.579. The molecule has 1 aliphatic heterocycles. The largest absolute Gasteiger partial charge is 0.494 e. The first-order chi connectivity index (χ1) is 12.2. The predicted octanol–water partition coefficient (Wildman–Crippen LogP) is 2.71. The molecular weight excluding hydrogens is 445 g/mol. The molecule has 0 spiro atoms. The second-order valence-electron chi connectivity index (χ2n) is 6.05. The molecule has 0 unspecified atom stereocenters. The van der Waals surface area contributed by atoms with E-state index >= 15 is 0 Å². The van der Waals surface area contributed by atoms with Crippen LogP contribution in [0.1, 0.15) is 25.3 Å². The predicted molar refractivity (Wildman–Crippen MR) is 114 cm³/mol. The standard InChI is InChI=1S/C19H29N3O3.HI/c1-4-25-17-8-6-5-7-15(17)9-12-21-19(20-2)22-13-10-16(11-14-22)18(23)24-3;/h5-8,16H,4,9-14H2,1-3H3,(H,20,21);1H. The molecule has 0 atom stereocenters. The number of benzene rings is 1. The summed E-state index contributed by atoms with van der Waals surface area (Å²) in [5, 5.41) is 3.42. The number of piperidine rings is 1. The summed E-state index contributed by atoms with van der Waals surface area (Å²) in [5.74, 6) is 1.74. The number of nitrogens with one attached hydrogen (secondary N) is 1. The SMILES string of the molecule is CCOc1ccccc1CCNC(=NC)N1CCC(C(=O)OC)CC1.I. The number of para-hydroxylation sites is 1. The summed E-state index contributed by atoms with van der Waals surface area (Å²) in [6.07, 6.45) is 2.48. The highest BCUT2D eigenvalue weighted by molar-refractivity contribution is 14.0. The maximum Gasteiger partial charge on any atom is 0.308 e. The fourth-order valence-corrected chi connectivity index (χ4v) is 3.14. The van der Waals surface area contributed by atoms with Gasteiger partial charge >= 0.3 is 5.97 Å². The Morgan fingerprint density at radius 1 is 1.31 bits per heavy atom. The number of halogens is 1. The molecule has 2 rings (SSSR count). The van der Waals surface area contributed by atoms with Gasteiger partial charge in [0, 0.05) is 26.7 Å². The van der Waals surface area contributed by atoms with Gasteiger partial charge in [0.2, 0.25) is 0 Å². The molecule has 1 N–H and O–H groups in total. The molecule has 26 heavy (non-hydrogen) atoms. The summed E-state index contributed by atoms with van der Waals surface area (Å²) in [7, 11) is 3.25. The number of esters is 1. The van der Waals surface area contributed by atoms with E-state index in [1.165, 1.54) is 12.7 Å². The van der Waals surface area contributed by atoms with Gasteiger partial charge in [-0.05, 0) is 37.8 Å². The van der Waals surface area contributed by atoms with E-state index in [0.717, 1.165) is 50.6 Å². The van der Waals surface area contributed by atoms with E-state index in [1.54, 1.807) is 7.05 Å². The first-order valence-corrected chi connectivity index (χ1v) is 8.93. The third-order valence-corrected chi connectivity index (χ3v) is 4.49. The van der Waals surface area contributed by atoms with Gasteiger partial charge < -0.3 is 19.7 Å². The zero-order valence-electron chi connectivity index (χ0n) is 15.9. The maximum absolute atomic E-state index is 11.6. The molecule has 1 fully saturated rings. The Hall–Kier alpha value is -1.51. The van der Waals surface area contributed by atoms with Crippen molar-refractivity contribution in [3.8, 4) is 5.75 Å². The van der Waals surface area contributed by atoms with Crippen molar-refractivity contribution in [2.45, 2.75) is 26.2 Å². The quantitative estimate of drug-likeness (QED) is 0.297. The summed E-state index contributed by atoms with van der Waals surface area (Å²) in [6.45, 7) is 5.08. The van der Waals surface area contributed by atoms with Gasteiger partial charge in [0.1, 0.15) is 5.75 Å². The molecule has 146 valence electrons. The lowest BCUT2D eigenvalue weighted by atomic mass is 9.97. The Balaban J connectivity index is 0.00000338. The Kier molecular flexibility index (Phi) is 10.4. The Labute approximate surface area is 173 Å². The average Bonchev–Trinajstić information content (AvgIpc) is 2.66. The van der Waals surface area contributed by atoms with E-state index in [4.69, 9.17) is 9.47 Å². The van der Waals surface area contributed by atoms with Crippen molar-refractivity contribution in [2.75, 3.05) is 40.4 Å². The second-order valence-corrected chi connectivity index (χ2v) is 6.05. The molecule has 0 bridgehead atoms. The number of likely N-dealkylation sites (tertiary alicyclic amines) is 1. The number of hydrogen-bond donors (Lipinski definition) is 1. The van der Waals surface area contributed by atoms with E-state index < -0.39 is 0 Å². The molecule has 1 aliphatic rings. The third kappa shape index (κ3) is 6.34. The minimum Gasteiger partial charge on any atom is -0.494 e. The summed E-state index contributed by atoms with van der Waals surface area (Å²) < 4.78 is 10.5. The molecule has 0 aromatic heterocycles. The van der Waals surface area contributed by atoms with Gasteiger partial charge in [0.25, 0.3) is 0 Å². The van der Waals surface area contributed by atoms with Crippen LogP contribution in [0, 0.1) is 5.92 Å². The molecule has 1 saturated heterocycles. The summed E-state index contributed by atoms with van der Waals surface area (Å²) >= 11 is 0. The van der Waals surface area contributed by atoms with Gasteiger partial charge in [-0.1, -0.05) is 18.2 Å². The van der Waals surface area contributed by atoms with Crippen LogP contribution in [-0.4, -0.2) is 57.2 Å². The number of carbonyl (C=O) groups excluding carboxylic acids is 1. The Morgan fingerprint density at radius 3 is 2.62 bits per heavy atom. The zero-order valence-corrected chi connectivity index (χ0v) is 18.2. The van der Waals surface area contributed by atoms with Crippen LogP contribution in [0.4, 0.5) is 0 Å². The van der Waals surface area contributed by atoms with Gasteiger partial charge in [-0.15, -0.1) is 24.0 Å². The van der Waals surface area contributed by atoms with Crippen LogP contribution in [0.25, 0.3) is 0 Å². The normalized spacial score (nSPS) is 15.2. The lowest BCUT2D eigenvalue weighted by molar-refractivity contribution is -0.146. The second kappa shape index (κ2) is 12.0. The maximum atomic E-state index is 11.6. The highest BCUT2D eigenvalue weighted by Gasteiger charge is 2.26. The minimum absolute atomic E-state index is 0. The third-order valence-electron chi connectivity index (χ3n) is 4.49. The molecule has 1 heterocycles. The fourth-order valence-electron chi connectivity index (χ4n) is 3.14. The van der Waals surface area contributed by atoms with Crippen molar-refractivity contribution in [3.63, 3.8) is 0 Å². The van der Waals surface area contributed by atoms with Crippen molar-refractivity contribution in [1.82, 2.24) is 10.2 Å². The van der Waals surface area contributed by atoms with Crippen molar-refractivity contribution < 1.29 is 14.3 Å². The molecule has 1 aromatic carbocycles. The van der Waals surface area contributed by atoms with Crippen LogP contribution in [0.5, 0.6) is 5.75 Å². The van der Waals surface area contributed by atoms with E-state index in [9.17, 15) is 4.79 Å². The van der Waals surface area contributed by atoms with Crippen LogP contribution in [0.15, 0.2) is 29.3 Å². The number of hydrogen-bond acceptors (Lipinski definition) is 4. The molecule has 0 amide bonds. The van der Waals surface area contributed by atoms with Gasteiger partial charge in [-0.25, -0.2) is 0 Å². The number of nitrogens with zero attached hydrogens (tertiary/aromatic N) is 2. The van der Waals surface area contributed by atoms with Crippen molar-refractivity contribution in [2.24, 2.45) is 10.9 Å². The minimum atomic E-state index is -0.102. The summed E-state index contributed by atoms with van der Waals surface area (Å²) in [4.78, 5) is 18.2. The van der Waals surface area contributed by atoms with Crippen molar-refractivity contribution >= 4 is 35.9 Å². The molecule has 7 heteroatoms. The molecule has 0 radical (unpaired) electrons.